The highest BCUT2D eigenvalue weighted by Gasteiger charge is 2.36. The van der Waals surface area contributed by atoms with Gasteiger partial charge in [0.2, 0.25) is 5.91 Å². The maximum Gasteiger partial charge on any atom is 0.262 e. The van der Waals surface area contributed by atoms with E-state index in [0.717, 1.165) is 17.0 Å². The minimum absolute atomic E-state index is 0.0301. The molecule has 1 aliphatic rings. The zero-order valence-corrected chi connectivity index (χ0v) is 14.8. The number of fused-ring (bicyclic) bond motifs is 1. The summed E-state index contributed by atoms with van der Waals surface area (Å²) in [4.78, 5) is 37.6. The van der Waals surface area contributed by atoms with Crippen molar-refractivity contribution in [3.63, 3.8) is 0 Å². The third-order valence-corrected chi connectivity index (χ3v) is 4.40. The van der Waals surface area contributed by atoms with Crippen LogP contribution in [0.2, 0.25) is 0 Å². The lowest BCUT2D eigenvalue weighted by molar-refractivity contribution is -0.121. The largest absolute Gasteiger partial charge is 0.356 e. The normalized spacial score (nSPS) is 13.0. The van der Waals surface area contributed by atoms with Crippen LogP contribution in [0.3, 0.4) is 0 Å². The van der Waals surface area contributed by atoms with Gasteiger partial charge < -0.3 is 9.84 Å². The molecule has 0 bridgehead atoms. The third kappa shape index (κ3) is 3.49. The standard InChI is InChI=1S/C20H13F2N3O4/c21-11-5-6-15(16(22)7-11)17-8-12(24-29-17)9-23-18(26)10-25-19(27)13-3-1-2-4-14(13)20(25)28/h1-8H,9-10H2,(H,23,26). The van der Waals surface area contributed by atoms with Crippen molar-refractivity contribution in [3.05, 3.63) is 77.0 Å². The zero-order valence-electron chi connectivity index (χ0n) is 14.8. The fourth-order valence-electron chi connectivity index (χ4n) is 2.98. The van der Waals surface area contributed by atoms with E-state index in [1.54, 1.807) is 12.1 Å². The topological polar surface area (TPSA) is 92.5 Å². The predicted octanol–water partition coefficient (Wildman–Crippen LogP) is 2.53. The fraction of sp³-hybridized carbons (Fsp3) is 0.100. The summed E-state index contributed by atoms with van der Waals surface area (Å²) in [5.74, 6) is -3.08. The molecule has 3 amide bonds. The smallest absolute Gasteiger partial charge is 0.262 e. The van der Waals surface area contributed by atoms with Gasteiger partial charge in [-0.15, -0.1) is 0 Å². The van der Waals surface area contributed by atoms with Gasteiger partial charge in [-0.1, -0.05) is 17.3 Å². The summed E-state index contributed by atoms with van der Waals surface area (Å²) in [6, 6.07) is 10.8. The van der Waals surface area contributed by atoms with Crippen LogP contribution in [0.1, 0.15) is 26.4 Å². The Balaban J connectivity index is 1.38. The van der Waals surface area contributed by atoms with Gasteiger partial charge in [0.25, 0.3) is 11.8 Å². The van der Waals surface area contributed by atoms with Crippen LogP contribution in [0, 0.1) is 11.6 Å². The minimum Gasteiger partial charge on any atom is -0.356 e. The number of nitrogens with zero attached hydrogens (tertiary/aromatic N) is 2. The SMILES string of the molecule is O=C(CN1C(=O)c2ccccc2C1=O)NCc1cc(-c2ccc(F)cc2F)on1. The molecule has 29 heavy (non-hydrogen) atoms. The molecular formula is C20H13F2N3O4. The van der Waals surface area contributed by atoms with Crippen molar-refractivity contribution in [3.8, 4) is 11.3 Å². The van der Waals surface area contributed by atoms with Gasteiger partial charge in [0.05, 0.1) is 23.2 Å². The van der Waals surface area contributed by atoms with Gasteiger partial charge in [-0.05, 0) is 24.3 Å². The quantitative estimate of drug-likeness (QED) is 0.668. The summed E-state index contributed by atoms with van der Waals surface area (Å²) in [5, 5.41) is 6.25. The van der Waals surface area contributed by atoms with E-state index in [1.165, 1.54) is 24.3 Å². The Morgan fingerprint density at radius 2 is 1.69 bits per heavy atom. The molecule has 0 radical (unpaired) electrons. The third-order valence-electron chi connectivity index (χ3n) is 4.40. The summed E-state index contributed by atoms with van der Waals surface area (Å²) in [7, 11) is 0. The van der Waals surface area contributed by atoms with Crippen molar-refractivity contribution in [1.82, 2.24) is 15.4 Å². The predicted molar refractivity (Wildman–Crippen MR) is 95.5 cm³/mol. The Kier molecular flexibility index (Phi) is 4.63. The van der Waals surface area contributed by atoms with Crippen LogP contribution in [0.5, 0.6) is 0 Å². The van der Waals surface area contributed by atoms with Crippen LogP contribution in [0.25, 0.3) is 11.3 Å². The zero-order chi connectivity index (χ0) is 20.5. The van der Waals surface area contributed by atoms with E-state index in [1.807, 2.05) is 0 Å². The number of halogens is 2. The second kappa shape index (κ2) is 7.27. The number of amides is 3. The minimum atomic E-state index is -0.803. The Morgan fingerprint density at radius 3 is 2.34 bits per heavy atom. The first-order chi connectivity index (χ1) is 13.9. The summed E-state index contributed by atoms with van der Waals surface area (Å²) >= 11 is 0. The number of benzene rings is 2. The van der Waals surface area contributed by atoms with Gasteiger partial charge >= 0.3 is 0 Å². The number of rotatable bonds is 5. The number of hydrogen-bond donors (Lipinski definition) is 1. The lowest BCUT2D eigenvalue weighted by Gasteiger charge is -2.13. The van der Waals surface area contributed by atoms with Gasteiger partial charge in [-0.2, -0.15) is 0 Å². The Bertz CT molecular complexity index is 1110. The van der Waals surface area contributed by atoms with Crippen LogP contribution in [-0.2, 0) is 11.3 Å². The number of imide groups is 1. The molecule has 0 saturated heterocycles. The average molecular weight is 397 g/mol. The molecule has 1 aromatic heterocycles. The monoisotopic (exact) mass is 397 g/mol. The molecule has 0 fully saturated rings. The molecule has 0 aliphatic carbocycles. The van der Waals surface area contributed by atoms with E-state index in [0.29, 0.717) is 5.69 Å². The van der Waals surface area contributed by atoms with Gasteiger partial charge in [0.15, 0.2) is 5.76 Å². The second-order valence-corrected chi connectivity index (χ2v) is 6.33. The van der Waals surface area contributed by atoms with Crippen molar-refractivity contribution >= 4 is 17.7 Å². The lowest BCUT2D eigenvalue weighted by Crippen LogP contribution is -2.40. The van der Waals surface area contributed by atoms with Gasteiger partial charge in [0.1, 0.15) is 23.9 Å². The maximum absolute atomic E-state index is 13.8. The van der Waals surface area contributed by atoms with Crippen molar-refractivity contribution in [2.75, 3.05) is 6.54 Å². The first-order valence-electron chi connectivity index (χ1n) is 8.57. The molecule has 0 spiro atoms. The molecular weight excluding hydrogens is 384 g/mol. The number of carbonyl (C=O) groups is 3. The molecule has 4 rings (SSSR count). The summed E-state index contributed by atoms with van der Waals surface area (Å²) < 4.78 is 31.8. The molecule has 146 valence electrons. The highest BCUT2D eigenvalue weighted by Crippen LogP contribution is 2.24. The van der Waals surface area contributed by atoms with Crippen LogP contribution in [-0.4, -0.2) is 34.3 Å². The van der Waals surface area contributed by atoms with Crippen LogP contribution >= 0.6 is 0 Å². The van der Waals surface area contributed by atoms with Crippen LogP contribution < -0.4 is 5.32 Å². The van der Waals surface area contributed by atoms with Crippen molar-refractivity contribution < 1.29 is 27.7 Å². The highest BCUT2D eigenvalue weighted by molar-refractivity contribution is 6.22. The van der Waals surface area contributed by atoms with E-state index in [2.05, 4.69) is 10.5 Å². The van der Waals surface area contributed by atoms with E-state index in [9.17, 15) is 23.2 Å². The van der Waals surface area contributed by atoms with E-state index < -0.39 is 35.9 Å². The summed E-state index contributed by atoms with van der Waals surface area (Å²) in [6.07, 6.45) is 0. The average Bonchev–Trinajstić information content (AvgIpc) is 3.26. The summed E-state index contributed by atoms with van der Waals surface area (Å²) in [5.41, 5.74) is 0.836. The first kappa shape index (κ1) is 18.5. The molecule has 2 aromatic carbocycles. The lowest BCUT2D eigenvalue weighted by atomic mass is 10.1. The first-order valence-corrected chi connectivity index (χ1v) is 8.57. The molecule has 1 aliphatic heterocycles. The Labute approximate surface area is 162 Å². The molecule has 0 atom stereocenters. The molecule has 3 aromatic rings. The molecule has 0 unspecified atom stereocenters. The van der Waals surface area contributed by atoms with E-state index in [-0.39, 0.29) is 29.0 Å². The molecule has 0 saturated carbocycles. The van der Waals surface area contributed by atoms with Gasteiger partial charge in [0, 0.05) is 12.1 Å². The molecule has 1 N–H and O–H groups in total. The Morgan fingerprint density at radius 1 is 1.00 bits per heavy atom. The van der Waals surface area contributed by atoms with Gasteiger partial charge in [-0.3, -0.25) is 19.3 Å². The number of nitrogens with one attached hydrogen (secondary N) is 1. The molecule has 9 heteroatoms. The highest BCUT2D eigenvalue weighted by atomic mass is 19.1. The number of aromatic nitrogens is 1. The van der Waals surface area contributed by atoms with Crippen molar-refractivity contribution in [2.45, 2.75) is 6.54 Å². The summed E-state index contributed by atoms with van der Waals surface area (Å²) in [6.45, 7) is -0.502. The second-order valence-electron chi connectivity index (χ2n) is 6.33. The number of hydrogen-bond acceptors (Lipinski definition) is 5. The maximum atomic E-state index is 13.8. The molecule has 7 nitrogen and oxygen atoms in total. The number of carbonyl (C=O) groups excluding carboxylic acids is 3. The van der Waals surface area contributed by atoms with E-state index >= 15 is 0 Å². The molecule has 2 heterocycles. The Hall–Kier alpha value is -3.88. The van der Waals surface area contributed by atoms with Crippen molar-refractivity contribution in [1.29, 1.82) is 0 Å². The fourth-order valence-corrected chi connectivity index (χ4v) is 2.98. The van der Waals surface area contributed by atoms with E-state index in [4.69, 9.17) is 4.52 Å². The van der Waals surface area contributed by atoms with Gasteiger partial charge in [-0.25, -0.2) is 8.78 Å². The van der Waals surface area contributed by atoms with Crippen molar-refractivity contribution in [2.24, 2.45) is 0 Å². The van der Waals surface area contributed by atoms with Crippen LogP contribution in [0.4, 0.5) is 8.78 Å². The van der Waals surface area contributed by atoms with Crippen LogP contribution in [0.15, 0.2) is 53.1 Å².